The van der Waals surface area contributed by atoms with Gasteiger partial charge in [0.05, 0.1) is 6.61 Å². The highest BCUT2D eigenvalue weighted by Gasteiger charge is 2.26. The minimum absolute atomic E-state index is 0.104. The van der Waals surface area contributed by atoms with Gasteiger partial charge in [-0.2, -0.15) is 0 Å². The molecule has 0 radical (unpaired) electrons. The summed E-state index contributed by atoms with van der Waals surface area (Å²) in [6, 6.07) is -1.20. The van der Waals surface area contributed by atoms with Crippen LogP contribution in [0.5, 0.6) is 0 Å². The number of hydrogen-bond acceptors (Lipinski definition) is 7. The molecule has 0 aromatic heterocycles. The SMILES string of the molecule is CCOC(=O)[C@H](COC(=O)CC(C)=O)NC(=O)OC(C)(C)C. The smallest absolute Gasteiger partial charge is 0.408 e. The molecule has 0 aliphatic heterocycles. The summed E-state index contributed by atoms with van der Waals surface area (Å²) in [6.07, 6.45) is -1.24. The second kappa shape index (κ2) is 9.01. The summed E-state index contributed by atoms with van der Waals surface area (Å²) in [5.74, 6) is -1.91. The summed E-state index contributed by atoms with van der Waals surface area (Å²) >= 11 is 0. The lowest BCUT2D eigenvalue weighted by molar-refractivity contribution is -0.152. The number of esters is 2. The van der Waals surface area contributed by atoms with Gasteiger partial charge in [-0.3, -0.25) is 9.59 Å². The average molecular weight is 317 g/mol. The fourth-order valence-corrected chi connectivity index (χ4v) is 1.29. The molecule has 0 aromatic rings. The van der Waals surface area contributed by atoms with Crippen molar-refractivity contribution in [1.29, 1.82) is 0 Å². The molecule has 1 atom stereocenters. The molecule has 126 valence electrons. The van der Waals surface area contributed by atoms with E-state index in [1.165, 1.54) is 6.92 Å². The van der Waals surface area contributed by atoms with Gasteiger partial charge in [-0.1, -0.05) is 0 Å². The van der Waals surface area contributed by atoms with Gasteiger partial charge in [0, 0.05) is 0 Å². The summed E-state index contributed by atoms with van der Waals surface area (Å²) in [5, 5.41) is 2.27. The number of Topliss-reactive ketones (excluding diaryl/α,β-unsaturated/α-hetero) is 1. The van der Waals surface area contributed by atoms with Crippen molar-refractivity contribution in [2.75, 3.05) is 13.2 Å². The quantitative estimate of drug-likeness (QED) is 0.423. The van der Waals surface area contributed by atoms with Crippen LogP contribution < -0.4 is 5.32 Å². The first kappa shape index (κ1) is 19.9. The van der Waals surface area contributed by atoms with Crippen LogP contribution in [0, 0.1) is 0 Å². The van der Waals surface area contributed by atoms with E-state index in [9.17, 15) is 19.2 Å². The van der Waals surface area contributed by atoms with Gasteiger partial charge in [0.1, 0.15) is 24.4 Å². The highest BCUT2D eigenvalue weighted by atomic mass is 16.6. The molecular weight excluding hydrogens is 294 g/mol. The maximum absolute atomic E-state index is 11.7. The van der Waals surface area contributed by atoms with Crippen LogP contribution in [-0.2, 0) is 28.6 Å². The molecule has 0 spiro atoms. The minimum Gasteiger partial charge on any atom is -0.464 e. The number of hydrogen-bond donors (Lipinski definition) is 1. The molecule has 0 unspecified atom stereocenters. The van der Waals surface area contributed by atoms with Crippen LogP contribution in [0.3, 0.4) is 0 Å². The maximum atomic E-state index is 11.7. The Morgan fingerprint density at radius 2 is 1.68 bits per heavy atom. The van der Waals surface area contributed by atoms with Gasteiger partial charge < -0.3 is 19.5 Å². The van der Waals surface area contributed by atoms with E-state index in [0.717, 1.165) is 0 Å². The molecule has 0 saturated carbocycles. The van der Waals surface area contributed by atoms with E-state index < -0.39 is 42.7 Å². The third-order valence-electron chi connectivity index (χ3n) is 2.07. The van der Waals surface area contributed by atoms with Gasteiger partial charge in [0.2, 0.25) is 0 Å². The van der Waals surface area contributed by atoms with Gasteiger partial charge in [0.15, 0.2) is 6.04 Å². The second-order valence-electron chi connectivity index (χ2n) is 5.51. The standard InChI is InChI=1S/C14H23NO7/c1-6-20-12(18)10(8-21-11(17)7-9(2)16)15-13(19)22-14(3,4)5/h10H,6-8H2,1-5H3,(H,15,19)/t10-/m0/s1. The van der Waals surface area contributed by atoms with Gasteiger partial charge in [0.25, 0.3) is 0 Å². The first-order valence-electron chi connectivity index (χ1n) is 6.86. The van der Waals surface area contributed by atoms with Crippen molar-refractivity contribution in [3.05, 3.63) is 0 Å². The number of rotatable bonds is 7. The van der Waals surface area contributed by atoms with Crippen LogP contribution in [0.1, 0.15) is 41.0 Å². The molecule has 0 bridgehead atoms. The molecule has 0 rings (SSSR count). The van der Waals surface area contributed by atoms with Crippen LogP contribution in [0.2, 0.25) is 0 Å². The Hall–Kier alpha value is -2.12. The Morgan fingerprint density at radius 3 is 2.14 bits per heavy atom. The molecule has 0 aromatic carbocycles. The zero-order valence-corrected chi connectivity index (χ0v) is 13.6. The Kier molecular flexibility index (Phi) is 8.14. The molecule has 8 nitrogen and oxygen atoms in total. The third-order valence-corrected chi connectivity index (χ3v) is 2.07. The molecule has 0 fully saturated rings. The summed E-state index contributed by atoms with van der Waals surface area (Å²) in [7, 11) is 0. The predicted octanol–water partition coefficient (Wildman–Crippen LogP) is 0.965. The first-order chi connectivity index (χ1) is 10.0. The van der Waals surface area contributed by atoms with E-state index in [1.807, 2.05) is 0 Å². The normalized spacial score (nSPS) is 12.0. The molecule has 0 heterocycles. The van der Waals surface area contributed by atoms with Crippen LogP contribution in [0.15, 0.2) is 0 Å². The molecular formula is C14H23NO7. The van der Waals surface area contributed by atoms with E-state index in [-0.39, 0.29) is 12.4 Å². The first-order valence-corrected chi connectivity index (χ1v) is 6.86. The van der Waals surface area contributed by atoms with E-state index in [1.54, 1.807) is 27.7 Å². The Morgan fingerprint density at radius 1 is 1.09 bits per heavy atom. The monoisotopic (exact) mass is 317 g/mol. The third kappa shape index (κ3) is 9.73. The fraction of sp³-hybridized carbons (Fsp3) is 0.714. The molecule has 8 heteroatoms. The lowest BCUT2D eigenvalue weighted by atomic mass is 10.2. The molecule has 0 aliphatic rings. The Labute approximate surface area is 129 Å². The number of nitrogens with one attached hydrogen (secondary N) is 1. The molecule has 22 heavy (non-hydrogen) atoms. The lowest BCUT2D eigenvalue weighted by Gasteiger charge is -2.22. The largest absolute Gasteiger partial charge is 0.464 e. The molecule has 1 amide bonds. The molecule has 0 aliphatic carbocycles. The summed E-state index contributed by atoms with van der Waals surface area (Å²) in [4.78, 5) is 45.5. The Balaban J connectivity index is 4.63. The van der Waals surface area contributed by atoms with Crippen molar-refractivity contribution >= 4 is 23.8 Å². The number of amides is 1. The topological polar surface area (TPSA) is 108 Å². The predicted molar refractivity (Wildman–Crippen MR) is 76.0 cm³/mol. The summed E-state index contributed by atoms with van der Waals surface area (Å²) in [6.45, 7) is 7.50. The van der Waals surface area contributed by atoms with Crippen molar-refractivity contribution in [3.63, 3.8) is 0 Å². The zero-order valence-electron chi connectivity index (χ0n) is 13.6. The van der Waals surface area contributed by atoms with Crippen LogP contribution >= 0.6 is 0 Å². The van der Waals surface area contributed by atoms with E-state index in [4.69, 9.17) is 14.2 Å². The van der Waals surface area contributed by atoms with Crippen LogP contribution in [0.25, 0.3) is 0 Å². The summed E-state index contributed by atoms with van der Waals surface area (Å²) in [5.41, 5.74) is -0.741. The molecule has 1 N–H and O–H groups in total. The van der Waals surface area contributed by atoms with Gasteiger partial charge in [-0.25, -0.2) is 9.59 Å². The molecule has 0 saturated heterocycles. The lowest BCUT2D eigenvalue weighted by Crippen LogP contribution is -2.47. The van der Waals surface area contributed by atoms with E-state index in [2.05, 4.69) is 5.32 Å². The van der Waals surface area contributed by atoms with E-state index >= 15 is 0 Å². The van der Waals surface area contributed by atoms with Gasteiger partial charge >= 0.3 is 18.0 Å². The number of ketones is 1. The Bertz CT molecular complexity index is 425. The highest BCUT2D eigenvalue weighted by molar-refractivity contribution is 5.94. The zero-order chi connectivity index (χ0) is 17.3. The van der Waals surface area contributed by atoms with Crippen LogP contribution in [0.4, 0.5) is 4.79 Å². The maximum Gasteiger partial charge on any atom is 0.408 e. The fourth-order valence-electron chi connectivity index (χ4n) is 1.29. The van der Waals surface area contributed by atoms with Gasteiger partial charge in [-0.15, -0.1) is 0 Å². The van der Waals surface area contributed by atoms with Crippen molar-refractivity contribution in [1.82, 2.24) is 5.32 Å². The van der Waals surface area contributed by atoms with Gasteiger partial charge in [-0.05, 0) is 34.6 Å². The van der Waals surface area contributed by atoms with Crippen LogP contribution in [-0.4, -0.2) is 48.7 Å². The average Bonchev–Trinajstić information content (AvgIpc) is 2.31. The number of carbonyl (C=O) groups excluding carboxylic acids is 4. The summed E-state index contributed by atoms with van der Waals surface area (Å²) < 4.78 is 14.6. The van der Waals surface area contributed by atoms with Crippen molar-refractivity contribution in [2.24, 2.45) is 0 Å². The highest BCUT2D eigenvalue weighted by Crippen LogP contribution is 2.07. The van der Waals surface area contributed by atoms with Crippen molar-refractivity contribution < 1.29 is 33.4 Å². The van der Waals surface area contributed by atoms with Crippen molar-refractivity contribution in [2.45, 2.75) is 52.7 Å². The minimum atomic E-state index is -1.20. The number of carbonyl (C=O) groups is 4. The number of alkyl carbamates (subject to hydrolysis) is 1. The second-order valence-corrected chi connectivity index (χ2v) is 5.51. The van der Waals surface area contributed by atoms with Crippen molar-refractivity contribution in [3.8, 4) is 0 Å². The number of ether oxygens (including phenoxy) is 3. The van der Waals surface area contributed by atoms with E-state index in [0.29, 0.717) is 0 Å².